The quantitative estimate of drug-likeness (QED) is 0.799. The van der Waals surface area contributed by atoms with Gasteiger partial charge in [0.1, 0.15) is 11.6 Å². The van der Waals surface area contributed by atoms with Crippen LogP contribution in [0.1, 0.15) is 13.8 Å². The van der Waals surface area contributed by atoms with Crippen molar-refractivity contribution in [2.75, 3.05) is 10.5 Å². The van der Waals surface area contributed by atoms with E-state index in [9.17, 15) is 17.9 Å². The second-order valence-electron chi connectivity index (χ2n) is 3.94. The highest BCUT2D eigenvalue weighted by Crippen LogP contribution is 2.24. The third kappa shape index (κ3) is 3.69. The lowest BCUT2D eigenvalue weighted by atomic mass is 10.3. The topological polar surface area (TPSA) is 66.4 Å². The first-order chi connectivity index (χ1) is 7.30. The molecule has 1 aromatic rings. The molecule has 0 aromatic heterocycles. The lowest BCUT2D eigenvalue weighted by Crippen LogP contribution is -2.20. The Morgan fingerprint density at radius 2 is 2.06 bits per heavy atom. The molecule has 90 valence electrons. The van der Waals surface area contributed by atoms with Crippen LogP contribution in [0.15, 0.2) is 18.2 Å². The van der Waals surface area contributed by atoms with Gasteiger partial charge in [0.15, 0.2) is 0 Å². The molecule has 0 bridgehead atoms. The van der Waals surface area contributed by atoms with Crippen molar-refractivity contribution in [1.29, 1.82) is 0 Å². The van der Waals surface area contributed by atoms with Crippen LogP contribution in [0.2, 0.25) is 0 Å². The minimum absolute atomic E-state index is 0.0480. The molecule has 0 saturated carbocycles. The molecule has 4 nitrogen and oxygen atoms in total. The van der Waals surface area contributed by atoms with Gasteiger partial charge in [0.05, 0.1) is 11.4 Å². The summed E-state index contributed by atoms with van der Waals surface area (Å²) in [4.78, 5) is 0. The molecule has 6 heteroatoms. The van der Waals surface area contributed by atoms with Gasteiger partial charge in [-0.1, -0.05) is 13.8 Å². The average molecular weight is 247 g/mol. The summed E-state index contributed by atoms with van der Waals surface area (Å²) < 4.78 is 38.0. The number of aromatic hydroxyl groups is 1. The number of nitrogens with one attached hydrogen (secondary N) is 1. The van der Waals surface area contributed by atoms with Gasteiger partial charge in [-0.2, -0.15) is 0 Å². The van der Waals surface area contributed by atoms with Gasteiger partial charge < -0.3 is 5.11 Å². The van der Waals surface area contributed by atoms with Crippen molar-refractivity contribution in [3.05, 3.63) is 24.0 Å². The molecule has 2 N–H and O–H groups in total. The molecule has 1 rings (SSSR count). The monoisotopic (exact) mass is 247 g/mol. The van der Waals surface area contributed by atoms with Crippen LogP contribution in [-0.2, 0) is 10.0 Å². The van der Waals surface area contributed by atoms with E-state index in [1.54, 1.807) is 13.8 Å². The summed E-state index contributed by atoms with van der Waals surface area (Å²) in [6.45, 7) is 3.51. The van der Waals surface area contributed by atoms with E-state index in [1.165, 1.54) is 0 Å². The smallest absolute Gasteiger partial charge is 0.233 e. The summed E-state index contributed by atoms with van der Waals surface area (Å²) in [7, 11) is -3.55. The largest absolute Gasteiger partial charge is 0.506 e. The first-order valence-electron chi connectivity index (χ1n) is 4.79. The molecule has 0 saturated heterocycles. The number of anilines is 1. The minimum atomic E-state index is -3.55. The lowest BCUT2D eigenvalue weighted by molar-refractivity contribution is 0.475. The van der Waals surface area contributed by atoms with Crippen molar-refractivity contribution in [2.45, 2.75) is 13.8 Å². The Morgan fingerprint density at radius 3 is 2.62 bits per heavy atom. The van der Waals surface area contributed by atoms with Gasteiger partial charge in [-0.25, -0.2) is 12.8 Å². The maximum absolute atomic E-state index is 12.8. The van der Waals surface area contributed by atoms with Crippen LogP contribution in [0.5, 0.6) is 5.75 Å². The van der Waals surface area contributed by atoms with Crippen molar-refractivity contribution < 1.29 is 17.9 Å². The zero-order valence-electron chi connectivity index (χ0n) is 9.07. The first-order valence-corrected chi connectivity index (χ1v) is 6.44. The fourth-order valence-corrected chi connectivity index (χ4v) is 2.70. The van der Waals surface area contributed by atoms with Crippen LogP contribution >= 0.6 is 0 Å². The maximum Gasteiger partial charge on any atom is 0.233 e. The molecule has 0 amide bonds. The molecular weight excluding hydrogens is 233 g/mol. The first kappa shape index (κ1) is 12.8. The highest BCUT2D eigenvalue weighted by Gasteiger charge is 2.15. The van der Waals surface area contributed by atoms with E-state index in [4.69, 9.17) is 0 Å². The van der Waals surface area contributed by atoms with Crippen molar-refractivity contribution >= 4 is 15.7 Å². The van der Waals surface area contributed by atoms with Crippen LogP contribution in [-0.4, -0.2) is 19.3 Å². The summed E-state index contributed by atoms with van der Waals surface area (Å²) in [6.07, 6.45) is 0. The Bertz CT molecular complexity index is 471. The second-order valence-corrected chi connectivity index (χ2v) is 5.71. The molecule has 0 aliphatic rings. The van der Waals surface area contributed by atoms with Crippen LogP contribution < -0.4 is 4.72 Å². The van der Waals surface area contributed by atoms with Gasteiger partial charge in [0.25, 0.3) is 0 Å². The number of rotatable bonds is 4. The summed E-state index contributed by atoms with van der Waals surface area (Å²) >= 11 is 0. The standard InChI is InChI=1S/C10H14FNO3S/c1-7(2)6-16(14,15)12-9-5-8(11)3-4-10(9)13/h3-5,7,12-13H,6H2,1-2H3. The van der Waals surface area contributed by atoms with E-state index in [2.05, 4.69) is 4.72 Å². The number of phenolic OH excluding ortho intramolecular Hbond substituents is 1. The second kappa shape index (κ2) is 4.69. The number of hydrogen-bond donors (Lipinski definition) is 2. The van der Waals surface area contributed by atoms with Crippen LogP contribution in [0.4, 0.5) is 10.1 Å². The number of phenols is 1. The Kier molecular flexibility index (Phi) is 3.74. The fourth-order valence-electron chi connectivity index (χ4n) is 1.24. The van der Waals surface area contributed by atoms with Gasteiger partial charge in [0.2, 0.25) is 10.0 Å². The number of hydrogen-bond acceptors (Lipinski definition) is 3. The van der Waals surface area contributed by atoms with Gasteiger partial charge in [-0.05, 0) is 18.1 Å². The van der Waals surface area contributed by atoms with Gasteiger partial charge in [0, 0.05) is 6.07 Å². The summed E-state index contributed by atoms with van der Waals surface area (Å²) in [5, 5.41) is 9.34. The Balaban J connectivity index is 2.92. The molecule has 1 aromatic carbocycles. The van der Waals surface area contributed by atoms with Crippen LogP contribution in [0.3, 0.4) is 0 Å². The van der Waals surface area contributed by atoms with E-state index in [1.807, 2.05) is 0 Å². The molecule has 0 fully saturated rings. The summed E-state index contributed by atoms with van der Waals surface area (Å²) in [5.74, 6) is -1.04. The normalized spacial score (nSPS) is 11.8. The molecule has 0 atom stereocenters. The molecule has 0 unspecified atom stereocenters. The molecule has 16 heavy (non-hydrogen) atoms. The van der Waals surface area contributed by atoms with E-state index < -0.39 is 15.8 Å². The molecule has 0 aliphatic heterocycles. The Morgan fingerprint density at radius 1 is 1.44 bits per heavy atom. The summed E-state index contributed by atoms with van der Waals surface area (Å²) in [5.41, 5.74) is -0.138. The van der Waals surface area contributed by atoms with Gasteiger partial charge in [-0.15, -0.1) is 0 Å². The van der Waals surface area contributed by atoms with E-state index in [0.717, 1.165) is 18.2 Å². The zero-order valence-corrected chi connectivity index (χ0v) is 9.88. The van der Waals surface area contributed by atoms with E-state index in [-0.39, 0.29) is 23.1 Å². The predicted molar refractivity (Wildman–Crippen MR) is 60.3 cm³/mol. The zero-order chi connectivity index (χ0) is 12.3. The number of sulfonamides is 1. The fraction of sp³-hybridized carbons (Fsp3) is 0.400. The van der Waals surface area contributed by atoms with E-state index >= 15 is 0 Å². The number of benzene rings is 1. The molecule has 0 spiro atoms. The van der Waals surface area contributed by atoms with E-state index in [0.29, 0.717) is 0 Å². The molecule has 0 radical (unpaired) electrons. The third-order valence-electron chi connectivity index (χ3n) is 1.78. The van der Waals surface area contributed by atoms with Gasteiger partial charge >= 0.3 is 0 Å². The maximum atomic E-state index is 12.8. The minimum Gasteiger partial charge on any atom is -0.506 e. The van der Waals surface area contributed by atoms with Crippen molar-refractivity contribution in [3.8, 4) is 5.75 Å². The molecular formula is C10H14FNO3S. The van der Waals surface area contributed by atoms with Crippen molar-refractivity contribution in [1.82, 2.24) is 0 Å². The third-order valence-corrected chi connectivity index (χ3v) is 3.41. The highest BCUT2D eigenvalue weighted by molar-refractivity contribution is 7.92. The van der Waals surface area contributed by atoms with Crippen LogP contribution in [0.25, 0.3) is 0 Å². The van der Waals surface area contributed by atoms with Crippen molar-refractivity contribution in [3.63, 3.8) is 0 Å². The predicted octanol–water partition coefficient (Wildman–Crippen LogP) is 1.93. The summed E-state index contributed by atoms with van der Waals surface area (Å²) in [6, 6.07) is 3.09. The molecule has 0 aliphatic carbocycles. The highest BCUT2D eigenvalue weighted by atomic mass is 32.2. The van der Waals surface area contributed by atoms with Gasteiger partial charge in [-0.3, -0.25) is 4.72 Å². The van der Waals surface area contributed by atoms with Crippen LogP contribution in [0, 0.1) is 11.7 Å². The molecule has 0 heterocycles. The Hall–Kier alpha value is -1.30. The van der Waals surface area contributed by atoms with Crippen molar-refractivity contribution in [2.24, 2.45) is 5.92 Å². The lowest BCUT2D eigenvalue weighted by Gasteiger charge is -2.11. The number of halogens is 1. The Labute approximate surface area is 94.2 Å². The average Bonchev–Trinajstić information content (AvgIpc) is 2.08. The SMILES string of the molecule is CC(C)CS(=O)(=O)Nc1cc(F)ccc1O.